The molecule has 1 aliphatic rings. The van der Waals surface area contributed by atoms with Gasteiger partial charge in [-0.2, -0.15) is 0 Å². The van der Waals surface area contributed by atoms with Crippen LogP contribution >= 0.6 is 0 Å². The van der Waals surface area contributed by atoms with E-state index in [9.17, 15) is 9.59 Å². The van der Waals surface area contributed by atoms with E-state index in [2.05, 4.69) is 0 Å². The zero-order valence-corrected chi connectivity index (χ0v) is 8.86. The molecule has 0 aromatic heterocycles. The normalized spacial score (nSPS) is 21.3. The smallest absolute Gasteiger partial charge is 0.325 e. The predicted molar refractivity (Wildman–Crippen MR) is 51.1 cm³/mol. The van der Waals surface area contributed by atoms with Crippen LogP contribution in [0.1, 0.15) is 26.7 Å². The maximum absolute atomic E-state index is 11.5. The molecule has 6 heteroatoms. The highest BCUT2D eigenvalue weighted by Crippen LogP contribution is 2.48. The lowest BCUT2D eigenvalue weighted by molar-refractivity contribution is -0.169. The summed E-state index contributed by atoms with van der Waals surface area (Å²) < 4.78 is 9.55. The molecule has 0 aliphatic heterocycles. The standard InChI is InChI=1S/C9H16N2O4/c1-5(10)14-7(12)9(3-4-9)8(13)15-6(2)11/h5-6H,3-4,10-11H2,1-2H3. The molecule has 2 unspecified atom stereocenters. The van der Waals surface area contributed by atoms with Crippen LogP contribution in [0.2, 0.25) is 0 Å². The fourth-order valence-electron chi connectivity index (χ4n) is 1.18. The average Bonchev–Trinajstić information content (AvgIpc) is 2.80. The minimum absolute atomic E-state index is 0.435. The molecule has 15 heavy (non-hydrogen) atoms. The summed E-state index contributed by atoms with van der Waals surface area (Å²) in [5.74, 6) is -1.24. The molecular formula is C9H16N2O4. The van der Waals surface area contributed by atoms with Gasteiger partial charge < -0.3 is 9.47 Å². The first-order chi connectivity index (χ1) is 6.88. The molecule has 0 heterocycles. The molecule has 0 bridgehead atoms. The molecule has 1 fully saturated rings. The van der Waals surface area contributed by atoms with Crippen LogP contribution in [0.4, 0.5) is 0 Å². The Morgan fingerprint density at radius 3 is 1.60 bits per heavy atom. The molecule has 1 saturated carbocycles. The van der Waals surface area contributed by atoms with E-state index in [-0.39, 0.29) is 0 Å². The lowest BCUT2D eigenvalue weighted by Gasteiger charge is -2.16. The van der Waals surface area contributed by atoms with Gasteiger partial charge in [-0.05, 0) is 26.7 Å². The first kappa shape index (κ1) is 11.9. The number of hydrogen-bond acceptors (Lipinski definition) is 6. The van der Waals surface area contributed by atoms with E-state index in [0.717, 1.165) is 0 Å². The number of ether oxygens (including phenoxy) is 2. The highest BCUT2D eigenvalue weighted by Gasteiger charge is 2.60. The fraction of sp³-hybridized carbons (Fsp3) is 0.778. The fourth-order valence-corrected chi connectivity index (χ4v) is 1.18. The third kappa shape index (κ3) is 2.66. The minimum Gasteiger partial charge on any atom is -0.446 e. The van der Waals surface area contributed by atoms with Crippen molar-refractivity contribution in [1.29, 1.82) is 0 Å². The minimum atomic E-state index is -1.15. The second-order valence-corrected chi connectivity index (χ2v) is 3.80. The van der Waals surface area contributed by atoms with Crippen LogP contribution in [0, 0.1) is 5.41 Å². The highest BCUT2D eigenvalue weighted by molar-refractivity contribution is 6.03. The first-order valence-electron chi connectivity index (χ1n) is 4.82. The van der Waals surface area contributed by atoms with Crippen molar-refractivity contribution < 1.29 is 19.1 Å². The van der Waals surface area contributed by atoms with E-state index >= 15 is 0 Å². The van der Waals surface area contributed by atoms with Crippen molar-refractivity contribution in [3.8, 4) is 0 Å². The zero-order valence-electron chi connectivity index (χ0n) is 8.86. The summed E-state index contributed by atoms with van der Waals surface area (Å²) in [5.41, 5.74) is 9.45. The molecule has 86 valence electrons. The summed E-state index contributed by atoms with van der Waals surface area (Å²) in [5, 5.41) is 0. The molecule has 1 aliphatic carbocycles. The topological polar surface area (TPSA) is 105 Å². The molecule has 6 nitrogen and oxygen atoms in total. The lowest BCUT2D eigenvalue weighted by atomic mass is 10.1. The van der Waals surface area contributed by atoms with Crippen LogP contribution < -0.4 is 11.5 Å². The molecule has 0 aromatic carbocycles. The first-order valence-corrected chi connectivity index (χ1v) is 4.82. The van der Waals surface area contributed by atoms with Crippen molar-refractivity contribution >= 4 is 11.9 Å². The Morgan fingerprint density at radius 2 is 1.40 bits per heavy atom. The van der Waals surface area contributed by atoms with Crippen molar-refractivity contribution in [3.63, 3.8) is 0 Å². The third-order valence-corrected chi connectivity index (χ3v) is 2.12. The van der Waals surface area contributed by atoms with E-state index in [1.807, 2.05) is 0 Å². The van der Waals surface area contributed by atoms with Crippen LogP contribution in [0.25, 0.3) is 0 Å². The molecule has 0 aromatic rings. The van der Waals surface area contributed by atoms with Gasteiger partial charge in [0.2, 0.25) is 0 Å². The van der Waals surface area contributed by atoms with E-state index in [1.165, 1.54) is 13.8 Å². The predicted octanol–water partition coefficient (Wildman–Crippen LogP) is -0.538. The molecular weight excluding hydrogens is 200 g/mol. The summed E-state index contributed by atoms with van der Waals surface area (Å²) in [6.45, 7) is 3.04. The average molecular weight is 216 g/mol. The third-order valence-electron chi connectivity index (χ3n) is 2.12. The summed E-state index contributed by atoms with van der Waals surface area (Å²) in [6, 6.07) is 0. The van der Waals surface area contributed by atoms with Gasteiger partial charge in [0, 0.05) is 0 Å². The molecule has 0 amide bonds. The summed E-state index contributed by atoms with van der Waals surface area (Å²) in [7, 11) is 0. The van der Waals surface area contributed by atoms with Gasteiger partial charge in [-0.15, -0.1) is 0 Å². The number of carbonyl (C=O) groups excluding carboxylic acids is 2. The zero-order chi connectivity index (χ0) is 11.6. The molecule has 0 spiro atoms. The van der Waals surface area contributed by atoms with Crippen LogP contribution in [0.3, 0.4) is 0 Å². The van der Waals surface area contributed by atoms with Crippen LogP contribution in [-0.2, 0) is 19.1 Å². The Morgan fingerprint density at radius 1 is 1.07 bits per heavy atom. The molecule has 2 atom stereocenters. The second kappa shape index (κ2) is 4.16. The van der Waals surface area contributed by atoms with Crippen molar-refractivity contribution in [3.05, 3.63) is 0 Å². The van der Waals surface area contributed by atoms with Gasteiger partial charge in [0.25, 0.3) is 0 Å². The maximum atomic E-state index is 11.5. The van der Waals surface area contributed by atoms with Crippen molar-refractivity contribution in [2.75, 3.05) is 0 Å². The summed E-state index contributed by atoms with van der Waals surface area (Å²) in [4.78, 5) is 23.0. The lowest BCUT2D eigenvalue weighted by Crippen LogP contribution is -2.37. The van der Waals surface area contributed by atoms with Crippen molar-refractivity contribution in [2.24, 2.45) is 16.9 Å². The largest absolute Gasteiger partial charge is 0.446 e. The quantitative estimate of drug-likeness (QED) is 0.371. The van der Waals surface area contributed by atoms with E-state index in [0.29, 0.717) is 12.8 Å². The summed E-state index contributed by atoms with van der Waals surface area (Å²) in [6.07, 6.45) is -0.579. The molecule has 0 saturated heterocycles. The van der Waals surface area contributed by atoms with Gasteiger partial charge in [-0.3, -0.25) is 21.1 Å². The van der Waals surface area contributed by atoms with E-state index in [4.69, 9.17) is 20.9 Å². The Kier molecular flexibility index (Phi) is 3.31. The van der Waals surface area contributed by atoms with E-state index in [1.54, 1.807) is 0 Å². The summed E-state index contributed by atoms with van der Waals surface area (Å²) >= 11 is 0. The Balaban J connectivity index is 2.59. The Bertz CT molecular complexity index is 247. The Hall–Kier alpha value is -1.14. The van der Waals surface area contributed by atoms with Gasteiger partial charge in [0.1, 0.15) is 12.5 Å². The van der Waals surface area contributed by atoms with Crippen LogP contribution in [-0.4, -0.2) is 24.4 Å². The van der Waals surface area contributed by atoms with Gasteiger partial charge in [0.15, 0.2) is 5.41 Å². The van der Waals surface area contributed by atoms with Gasteiger partial charge in [0.05, 0.1) is 0 Å². The van der Waals surface area contributed by atoms with Crippen LogP contribution in [0.15, 0.2) is 0 Å². The van der Waals surface area contributed by atoms with Gasteiger partial charge in [-0.25, -0.2) is 0 Å². The molecule has 0 radical (unpaired) electrons. The number of nitrogens with two attached hydrogens (primary N) is 2. The number of esters is 2. The Labute approximate surface area is 87.9 Å². The van der Waals surface area contributed by atoms with Crippen LogP contribution in [0.5, 0.6) is 0 Å². The molecule has 1 rings (SSSR count). The second-order valence-electron chi connectivity index (χ2n) is 3.80. The number of carbonyl (C=O) groups is 2. The maximum Gasteiger partial charge on any atom is 0.325 e. The van der Waals surface area contributed by atoms with Crippen molar-refractivity contribution in [1.82, 2.24) is 0 Å². The van der Waals surface area contributed by atoms with Gasteiger partial charge >= 0.3 is 11.9 Å². The van der Waals surface area contributed by atoms with E-state index < -0.39 is 29.8 Å². The number of rotatable bonds is 4. The van der Waals surface area contributed by atoms with Crippen molar-refractivity contribution in [2.45, 2.75) is 39.1 Å². The monoisotopic (exact) mass is 216 g/mol. The molecule has 4 N–H and O–H groups in total. The van der Waals surface area contributed by atoms with Gasteiger partial charge in [-0.1, -0.05) is 0 Å². The number of hydrogen-bond donors (Lipinski definition) is 2. The highest BCUT2D eigenvalue weighted by atomic mass is 16.6. The SMILES string of the molecule is CC(N)OC(=O)C1(C(=O)OC(C)N)CC1.